The summed E-state index contributed by atoms with van der Waals surface area (Å²) in [5.74, 6) is -1.23. The van der Waals surface area contributed by atoms with E-state index in [-0.39, 0.29) is 27.9 Å². The molecule has 0 radical (unpaired) electrons. The van der Waals surface area contributed by atoms with Crippen LogP contribution in [0.15, 0.2) is 54.6 Å². The Kier molecular flexibility index (Phi) is 4.35. The van der Waals surface area contributed by atoms with Crippen molar-refractivity contribution < 1.29 is 19.4 Å². The molecule has 1 amide bonds. The summed E-state index contributed by atoms with van der Waals surface area (Å²) in [4.78, 5) is 46.9. The van der Waals surface area contributed by atoms with E-state index in [9.17, 15) is 29.8 Å². The molecule has 0 saturated heterocycles. The van der Waals surface area contributed by atoms with E-state index < -0.39 is 27.2 Å². The van der Waals surface area contributed by atoms with Crippen molar-refractivity contribution in [1.82, 2.24) is 0 Å². The lowest BCUT2D eigenvalue weighted by atomic mass is 9.97. The fraction of sp³-hybridized carbons (Fsp3) is 0.0476. The van der Waals surface area contributed by atoms with Crippen molar-refractivity contribution in [3.05, 3.63) is 97.1 Å². The lowest BCUT2D eigenvalue weighted by Gasteiger charge is -2.10. The summed E-state index contributed by atoms with van der Waals surface area (Å²) < 4.78 is 0. The minimum Gasteiger partial charge on any atom is -0.322 e. The molecule has 0 atom stereocenters. The lowest BCUT2D eigenvalue weighted by molar-refractivity contribution is -0.385. The number of nitrogens with zero attached hydrogens (tertiary/aromatic N) is 2. The SMILES string of the molecule is Cc1ccc(NC(=O)c2cc([N+](=O)[O-])cc3c2-c2ccc([N+](=O)[O-])cc2C3=O)cc1. The smallest absolute Gasteiger partial charge is 0.271 e. The van der Waals surface area contributed by atoms with Crippen LogP contribution in [0.4, 0.5) is 17.1 Å². The van der Waals surface area contributed by atoms with E-state index in [1.54, 1.807) is 24.3 Å². The number of rotatable bonds is 4. The molecule has 9 heteroatoms. The number of carbonyl (C=O) groups is 2. The van der Waals surface area contributed by atoms with Gasteiger partial charge in [0.25, 0.3) is 17.3 Å². The molecule has 0 fully saturated rings. The van der Waals surface area contributed by atoms with Crippen molar-refractivity contribution >= 4 is 28.8 Å². The van der Waals surface area contributed by atoms with Gasteiger partial charge in [0.15, 0.2) is 5.78 Å². The zero-order valence-corrected chi connectivity index (χ0v) is 15.5. The molecule has 0 aromatic heterocycles. The maximum atomic E-state index is 13.0. The maximum absolute atomic E-state index is 13.0. The number of ketones is 1. The van der Waals surface area contributed by atoms with Crippen molar-refractivity contribution in [3.8, 4) is 11.1 Å². The fourth-order valence-corrected chi connectivity index (χ4v) is 3.41. The topological polar surface area (TPSA) is 132 Å². The van der Waals surface area contributed by atoms with Crippen LogP contribution in [0.25, 0.3) is 11.1 Å². The number of carbonyl (C=O) groups excluding carboxylic acids is 2. The van der Waals surface area contributed by atoms with Gasteiger partial charge in [-0.05, 0) is 30.7 Å². The molecule has 30 heavy (non-hydrogen) atoms. The van der Waals surface area contributed by atoms with E-state index >= 15 is 0 Å². The van der Waals surface area contributed by atoms with Gasteiger partial charge in [-0.2, -0.15) is 0 Å². The summed E-state index contributed by atoms with van der Waals surface area (Å²) in [6.07, 6.45) is 0. The number of benzene rings is 3. The van der Waals surface area contributed by atoms with Crippen molar-refractivity contribution in [2.75, 3.05) is 5.32 Å². The average Bonchev–Trinajstić information content (AvgIpc) is 3.00. The predicted molar refractivity (Wildman–Crippen MR) is 108 cm³/mol. The number of amides is 1. The summed E-state index contributed by atoms with van der Waals surface area (Å²) in [6.45, 7) is 1.89. The van der Waals surface area contributed by atoms with E-state index in [0.717, 1.165) is 23.8 Å². The van der Waals surface area contributed by atoms with Gasteiger partial charge in [-0.15, -0.1) is 0 Å². The molecule has 0 spiro atoms. The molecule has 3 aromatic rings. The van der Waals surface area contributed by atoms with Crippen LogP contribution in [0.3, 0.4) is 0 Å². The summed E-state index contributed by atoms with van der Waals surface area (Å²) in [7, 11) is 0. The number of aryl methyl sites for hydroxylation is 1. The molecular weight excluding hydrogens is 390 g/mol. The highest BCUT2D eigenvalue weighted by atomic mass is 16.6. The number of hydrogen-bond acceptors (Lipinski definition) is 6. The molecule has 0 bridgehead atoms. The Morgan fingerprint density at radius 1 is 0.833 bits per heavy atom. The Morgan fingerprint density at radius 2 is 1.47 bits per heavy atom. The lowest BCUT2D eigenvalue weighted by Crippen LogP contribution is -2.14. The monoisotopic (exact) mass is 403 g/mol. The summed E-state index contributed by atoms with van der Waals surface area (Å²) >= 11 is 0. The quantitative estimate of drug-likeness (QED) is 0.399. The van der Waals surface area contributed by atoms with Crippen molar-refractivity contribution in [2.24, 2.45) is 0 Å². The number of anilines is 1. The van der Waals surface area contributed by atoms with Gasteiger partial charge in [0.1, 0.15) is 0 Å². The highest BCUT2D eigenvalue weighted by Crippen LogP contribution is 2.42. The molecule has 9 nitrogen and oxygen atoms in total. The Labute approximate surface area is 169 Å². The van der Waals surface area contributed by atoms with Crippen molar-refractivity contribution in [2.45, 2.75) is 6.92 Å². The van der Waals surface area contributed by atoms with Gasteiger partial charge in [-0.1, -0.05) is 17.7 Å². The molecule has 1 aliphatic carbocycles. The maximum Gasteiger partial charge on any atom is 0.271 e. The van der Waals surface area contributed by atoms with Crippen LogP contribution < -0.4 is 5.32 Å². The fourth-order valence-electron chi connectivity index (χ4n) is 3.41. The minimum absolute atomic E-state index is 0.0316. The normalized spacial score (nSPS) is 11.6. The van der Waals surface area contributed by atoms with E-state index in [2.05, 4.69) is 5.32 Å². The summed E-state index contributed by atoms with van der Waals surface area (Å²) in [5, 5.41) is 25.1. The predicted octanol–water partition coefficient (Wildman–Crippen LogP) is 4.28. The second-order valence-electron chi connectivity index (χ2n) is 6.81. The molecular formula is C21H13N3O6. The Morgan fingerprint density at radius 3 is 2.10 bits per heavy atom. The third kappa shape index (κ3) is 3.08. The zero-order chi connectivity index (χ0) is 21.6. The first-order chi connectivity index (χ1) is 14.3. The number of non-ortho nitro benzene ring substituents is 2. The number of nitro groups is 2. The van der Waals surface area contributed by atoms with Gasteiger partial charge >= 0.3 is 0 Å². The summed E-state index contributed by atoms with van der Waals surface area (Å²) in [5.41, 5.74) is 1.27. The Balaban J connectivity index is 1.87. The first-order valence-corrected chi connectivity index (χ1v) is 8.80. The van der Waals surface area contributed by atoms with Crippen molar-refractivity contribution in [1.29, 1.82) is 0 Å². The highest BCUT2D eigenvalue weighted by molar-refractivity contribution is 6.26. The van der Waals surface area contributed by atoms with Gasteiger partial charge in [0, 0.05) is 46.6 Å². The molecule has 148 valence electrons. The highest BCUT2D eigenvalue weighted by Gasteiger charge is 2.34. The summed E-state index contributed by atoms with van der Waals surface area (Å²) in [6, 6.07) is 12.9. The van der Waals surface area contributed by atoms with Gasteiger partial charge in [0.05, 0.1) is 15.4 Å². The van der Waals surface area contributed by atoms with Crippen LogP contribution in [0.5, 0.6) is 0 Å². The minimum atomic E-state index is -0.693. The third-order valence-electron chi connectivity index (χ3n) is 4.86. The van der Waals surface area contributed by atoms with E-state index in [4.69, 9.17) is 0 Å². The van der Waals surface area contributed by atoms with E-state index in [1.807, 2.05) is 6.92 Å². The van der Waals surface area contributed by atoms with Crippen molar-refractivity contribution in [3.63, 3.8) is 0 Å². The number of fused-ring (bicyclic) bond motifs is 3. The van der Waals surface area contributed by atoms with Crippen LogP contribution in [0, 0.1) is 27.2 Å². The van der Waals surface area contributed by atoms with E-state index in [1.165, 1.54) is 12.1 Å². The number of nitrogens with one attached hydrogen (secondary N) is 1. The number of nitro benzene ring substituents is 2. The second-order valence-corrected chi connectivity index (χ2v) is 6.81. The Hall–Kier alpha value is -4.40. The zero-order valence-electron chi connectivity index (χ0n) is 15.5. The average molecular weight is 403 g/mol. The molecule has 3 aromatic carbocycles. The second kappa shape index (κ2) is 6.89. The van der Waals surface area contributed by atoms with Crippen LogP contribution in [0.1, 0.15) is 31.8 Å². The van der Waals surface area contributed by atoms with Crippen LogP contribution in [-0.2, 0) is 0 Å². The van der Waals surface area contributed by atoms with Gasteiger partial charge in [0.2, 0.25) is 0 Å². The third-order valence-corrected chi connectivity index (χ3v) is 4.86. The standard InChI is InChI=1S/C21H13N3O6/c1-11-2-4-12(5-3-11)22-21(26)18-10-14(24(29)30)9-17-19(18)15-7-6-13(23(27)28)8-16(15)20(17)25/h2-10H,1H3,(H,22,26). The van der Waals surface area contributed by atoms with Crippen LogP contribution in [-0.4, -0.2) is 21.5 Å². The molecule has 1 N–H and O–H groups in total. The van der Waals surface area contributed by atoms with Crippen LogP contribution in [0.2, 0.25) is 0 Å². The molecule has 0 heterocycles. The first-order valence-electron chi connectivity index (χ1n) is 8.80. The van der Waals surface area contributed by atoms with E-state index in [0.29, 0.717) is 11.3 Å². The van der Waals surface area contributed by atoms with Gasteiger partial charge in [-0.3, -0.25) is 29.8 Å². The van der Waals surface area contributed by atoms with Gasteiger partial charge < -0.3 is 5.32 Å². The Bertz CT molecular complexity index is 1260. The van der Waals surface area contributed by atoms with Crippen LogP contribution >= 0.6 is 0 Å². The molecule has 0 aliphatic heterocycles. The molecule has 4 rings (SSSR count). The number of hydrogen-bond donors (Lipinski definition) is 1. The van der Waals surface area contributed by atoms with Gasteiger partial charge in [-0.25, -0.2) is 0 Å². The molecule has 0 unspecified atom stereocenters. The molecule has 1 aliphatic rings. The largest absolute Gasteiger partial charge is 0.322 e. The molecule has 0 saturated carbocycles. The first kappa shape index (κ1) is 18.9.